The molecule has 1 aromatic rings. The molecule has 1 saturated carbocycles. The Balaban J connectivity index is 1.85. The smallest absolute Gasteiger partial charge is 0.314 e. The first-order valence-corrected chi connectivity index (χ1v) is 7.07. The van der Waals surface area contributed by atoms with E-state index in [9.17, 15) is 9.59 Å². The van der Waals surface area contributed by atoms with Crippen molar-refractivity contribution in [1.82, 2.24) is 0 Å². The summed E-state index contributed by atoms with van der Waals surface area (Å²) in [5.74, 6) is 0.581. The van der Waals surface area contributed by atoms with E-state index in [4.69, 9.17) is 14.2 Å². The second-order valence-electron chi connectivity index (χ2n) is 5.17. The molecule has 1 fully saturated rings. The summed E-state index contributed by atoms with van der Waals surface area (Å²) >= 11 is 0. The van der Waals surface area contributed by atoms with Crippen LogP contribution in [0.4, 0.5) is 0 Å². The van der Waals surface area contributed by atoms with Crippen molar-refractivity contribution in [3.8, 4) is 11.5 Å². The first-order chi connectivity index (χ1) is 10.1. The van der Waals surface area contributed by atoms with Crippen LogP contribution < -0.4 is 9.47 Å². The Bertz CT molecular complexity index is 486. The Kier molecular flexibility index (Phi) is 5.20. The minimum absolute atomic E-state index is 0.0833. The summed E-state index contributed by atoms with van der Waals surface area (Å²) in [5.41, 5.74) is 0. The summed E-state index contributed by atoms with van der Waals surface area (Å²) in [4.78, 5) is 23.5. The van der Waals surface area contributed by atoms with Gasteiger partial charge in [-0.2, -0.15) is 0 Å². The number of ether oxygens (including phenoxy) is 3. The number of methoxy groups -OCH3 is 2. The summed E-state index contributed by atoms with van der Waals surface area (Å²) < 4.78 is 15.2. The lowest BCUT2D eigenvalue weighted by atomic mass is 9.82. The van der Waals surface area contributed by atoms with Gasteiger partial charge < -0.3 is 14.2 Å². The highest BCUT2D eigenvalue weighted by Crippen LogP contribution is 2.31. The molecular weight excluding hydrogens is 272 g/mol. The molecule has 0 radical (unpaired) electrons. The van der Waals surface area contributed by atoms with Gasteiger partial charge in [-0.15, -0.1) is 0 Å². The van der Waals surface area contributed by atoms with Gasteiger partial charge in [0.25, 0.3) is 0 Å². The lowest BCUT2D eigenvalue weighted by Crippen LogP contribution is -2.29. The number of carbonyl (C=O) groups excluding carboxylic acids is 2. The molecule has 0 aliphatic heterocycles. The van der Waals surface area contributed by atoms with E-state index in [-0.39, 0.29) is 23.8 Å². The highest BCUT2D eigenvalue weighted by molar-refractivity contribution is 5.76. The number of esters is 2. The summed E-state index contributed by atoms with van der Waals surface area (Å²) in [6.45, 7) is 0. The number of carbonyl (C=O) groups is 2. The molecule has 0 spiro atoms. The van der Waals surface area contributed by atoms with Crippen molar-refractivity contribution < 1.29 is 23.8 Å². The van der Waals surface area contributed by atoms with Crippen LogP contribution in [0.2, 0.25) is 0 Å². The molecule has 0 amide bonds. The lowest BCUT2D eigenvalue weighted by molar-refractivity contribution is -0.149. The maximum Gasteiger partial charge on any atom is 0.314 e. The Morgan fingerprint density at radius 2 is 1.33 bits per heavy atom. The Morgan fingerprint density at radius 3 is 1.81 bits per heavy atom. The van der Waals surface area contributed by atoms with E-state index in [0.29, 0.717) is 37.2 Å². The van der Waals surface area contributed by atoms with E-state index in [0.717, 1.165) is 0 Å². The van der Waals surface area contributed by atoms with Crippen LogP contribution >= 0.6 is 0 Å². The highest BCUT2D eigenvalue weighted by atomic mass is 16.5. The van der Waals surface area contributed by atoms with E-state index in [1.807, 2.05) is 0 Å². The van der Waals surface area contributed by atoms with Crippen LogP contribution in [0.15, 0.2) is 24.3 Å². The summed E-state index contributed by atoms with van der Waals surface area (Å²) in [6.07, 6.45) is 2.67. The first-order valence-electron chi connectivity index (χ1n) is 7.07. The fourth-order valence-electron chi connectivity index (χ4n) is 2.57. The van der Waals surface area contributed by atoms with Gasteiger partial charge in [-0.3, -0.25) is 9.59 Å². The minimum atomic E-state index is -0.233. The highest BCUT2D eigenvalue weighted by Gasteiger charge is 2.31. The van der Waals surface area contributed by atoms with Crippen LogP contribution in [0, 0.1) is 11.8 Å². The molecule has 114 valence electrons. The van der Waals surface area contributed by atoms with Crippen molar-refractivity contribution in [2.75, 3.05) is 14.2 Å². The molecule has 2 rings (SSSR count). The zero-order valence-electron chi connectivity index (χ0n) is 12.3. The van der Waals surface area contributed by atoms with Crippen LogP contribution in [-0.4, -0.2) is 26.2 Å². The van der Waals surface area contributed by atoms with Gasteiger partial charge in [0, 0.05) is 0 Å². The molecule has 21 heavy (non-hydrogen) atoms. The van der Waals surface area contributed by atoms with Gasteiger partial charge in [0.05, 0.1) is 26.1 Å². The quantitative estimate of drug-likeness (QED) is 0.630. The maximum absolute atomic E-state index is 12.1. The molecule has 5 nitrogen and oxygen atoms in total. The van der Waals surface area contributed by atoms with Gasteiger partial charge >= 0.3 is 11.9 Å². The summed E-state index contributed by atoms with van der Waals surface area (Å²) in [6, 6.07) is 6.90. The molecule has 1 aliphatic carbocycles. The van der Waals surface area contributed by atoms with Crippen molar-refractivity contribution in [3.05, 3.63) is 24.3 Å². The fourth-order valence-corrected chi connectivity index (χ4v) is 2.57. The maximum atomic E-state index is 12.1. The predicted molar refractivity (Wildman–Crippen MR) is 76.1 cm³/mol. The fraction of sp³-hybridized carbons (Fsp3) is 0.500. The van der Waals surface area contributed by atoms with Gasteiger partial charge in [0.15, 0.2) is 0 Å². The van der Waals surface area contributed by atoms with E-state index in [1.54, 1.807) is 31.4 Å². The van der Waals surface area contributed by atoms with Crippen LogP contribution in [0.25, 0.3) is 0 Å². The second-order valence-corrected chi connectivity index (χ2v) is 5.17. The number of benzene rings is 1. The van der Waals surface area contributed by atoms with E-state index >= 15 is 0 Å². The van der Waals surface area contributed by atoms with Crippen LogP contribution in [-0.2, 0) is 14.3 Å². The van der Waals surface area contributed by atoms with Crippen LogP contribution in [0.1, 0.15) is 25.7 Å². The Hall–Kier alpha value is -2.04. The zero-order valence-corrected chi connectivity index (χ0v) is 12.3. The number of hydrogen-bond donors (Lipinski definition) is 0. The molecule has 0 N–H and O–H groups in total. The molecule has 0 heterocycles. The third kappa shape index (κ3) is 3.97. The van der Waals surface area contributed by atoms with E-state index < -0.39 is 0 Å². The molecule has 5 heteroatoms. The monoisotopic (exact) mass is 292 g/mol. The van der Waals surface area contributed by atoms with Crippen LogP contribution in [0.3, 0.4) is 0 Å². The summed E-state index contributed by atoms with van der Waals surface area (Å²) in [7, 11) is 2.98. The van der Waals surface area contributed by atoms with Crippen molar-refractivity contribution in [1.29, 1.82) is 0 Å². The average Bonchev–Trinajstić information content (AvgIpc) is 2.55. The molecular formula is C16H20O5. The SMILES string of the molecule is COC(=O)C1CCC(C(=O)Oc2ccc(OC)cc2)CC1. The largest absolute Gasteiger partial charge is 0.497 e. The molecule has 0 atom stereocenters. The molecule has 0 saturated heterocycles. The molecule has 1 aromatic carbocycles. The van der Waals surface area contributed by atoms with Gasteiger partial charge in [-0.25, -0.2) is 0 Å². The van der Waals surface area contributed by atoms with Crippen molar-refractivity contribution in [2.45, 2.75) is 25.7 Å². The van der Waals surface area contributed by atoms with Crippen molar-refractivity contribution in [3.63, 3.8) is 0 Å². The molecule has 0 unspecified atom stereocenters. The Labute approximate surface area is 124 Å². The summed E-state index contributed by atoms with van der Waals surface area (Å²) in [5, 5.41) is 0. The first kappa shape index (κ1) is 15.4. The zero-order chi connectivity index (χ0) is 15.2. The van der Waals surface area contributed by atoms with Gasteiger partial charge in [0.1, 0.15) is 11.5 Å². The van der Waals surface area contributed by atoms with Crippen molar-refractivity contribution >= 4 is 11.9 Å². The van der Waals surface area contributed by atoms with E-state index in [1.165, 1.54) is 7.11 Å². The van der Waals surface area contributed by atoms with Crippen LogP contribution in [0.5, 0.6) is 11.5 Å². The average molecular weight is 292 g/mol. The Morgan fingerprint density at radius 1 is 0.857 bits per heavy atom. The van der Waals surface area contributed by atoms with Gasteiger partial charge in [-0.1, -0.05) is 0 Å². The number of rotatable bonds is 4. The third-order valence-corrected chi connectivity index (χ3v) is 3.87. The van der Waals surface area contributed by atoms with Gasteiger partial charge in [-0.05, 0) is 49.9 Å². The molecule has 0 aromatic heterocycles. The topological polar surface area (TPSA) is 61.8 Å². The predicted octanol–water partition coefficient (Wildman–Crippen LogP) is 2.58. The lowest BCUT2D eigenvalue weighted by Gasteiger charge is -2.25. The second kappa shape index (κ2) is 7.11. The van der Waals surface area contributed by atoms with Gasteiger partial charge in [0.2, 0.25) is 0 Å². The minimum Gasteiger partial charge on any atom is -0.497 e. The molecule has 0 bridgehead atoms. The number of hydrogen-bond acceptors (Lipinski definition) is 5. The van der Waals surface area contributed by atoms with E-state index in [2.05, 4.69) is 0 Å². The third-order valence-electron chi connectivity index (χ3n) is 3.87. The standard InChI is InChI=1S/C16H20O5/c1-19-13-7-9-14(10-8-13)21-16(18)12-5-3-11(4-6-12)15(17)20-2/h7-12H,3-6H2,1-2H3. The van der Waals surface area contributed by atoms with Crippen molar-refractivity contribution in [2.24, 2.45) is 11.8 Å². The molecule has 1 aliphatic rings. The normalized spacial score (nSPS) is 21.4.